The number of nitrogens with zero attached hydrogens (tertiary/aromatic N) is 3. The maximum absolute atomic E-state index is 12.4. The summed E-state index contributed by atoms with van der Waals surface area (Å²) in [7, 11) is 1.50. The summed E-state index contributed by atoms with van der Waals surface area (Å²) < 4.78 is 10.2. The van der Waals surface area contributed by atoms with Crippen molar-refractivity contribution in [3.63, 3.8) is 0 Å². The molecule has 1 atom stereocenters. The zero-order chi connectivity index (χ0) is 18.4. The Balaban J connectivity index is 1.41. The van der Waals surface area contributed by atoms with Crippen LogP contribution in [0.3, 0.4) is 0 Å². The zero-order valence-corrected chi connectivity index (χ0v) is 15.4. The second kappa shape index (κ2) is 9.12. The number of methoxy groups -OCH3 is 1. The standard InChI is InChI=1S/C18H28N4O4/c1-25-12-16(23)22-10-4-7-14(11-22)17(24)19-9-8-15-20-18(26-21-15)13-5-2-3-6-13/h13-14H,2-12H2,1H3,(H,19,24)/t14-/m1/s1. The van der Waals surface area contributed by atoms with Gasteiger partial charge in [0.25, 0.3) is 0 Å². The highest BCUT2D eigenvalue weighted by Gasteiger charge is 2.28. The normalized spacial score (nSPS) is 21.1. The lowest BCUT2D eigenvalue weighted by atomic mass is 9.97. The van der Waals surface area contributed by atoms with Crippen molar-refractivity contribution in [2.24, 2.45) is 5.92 Å². The fourth-order valence-electron chi connectivity index (χ4n) is 3.78. The lowest BCUT2D eigenvalue weighted by molar-refractivity contribution is -0.138. The highest BCUT2D eigenvalue weighted by molar-refractivity contribution is 5.81. The van der Waals surface area contributed by atoms with Gasteiger partial charge in [-0.05, 0) is 25.7 Å². The van der Waals surface area contributed by atoms with Crippen molar-refractivity contribution < 1.29 is 18.8 Å². The number of hydrogen-bond donors (Lipinski definition) is 1. The van der Waals surface area contributed by atoms with Crippen LogP contribution in [0.25, 0.3) is 0 Å². The van der Waals surface area contributed by atoms with E-state index >= 15 is 0 Å². The van der Waals surface area contributed by atoms with Gasteiger partial charge in [0, 0.05) is 39.1 Å². The lowest BCUT2D eigenvalue weighted by Crippen LogP contribution is -2.46. The highest BCUT2D eigenvalue weighted by atomic mass is 16.5. The van der Waals surface area contributed by atoms with Gasteiger partial charge < -0.3 is 19.5 Å². The molecule has 2 fully saturated rings. The van der Waals surface area contributed by atoms with Crippen molar-refractivity contribution in [2.75, 3.05) is 33.4 Å². The summed E-state index contributed by atoms with van der Waals surface area (Å²) in [5, 5.41) is 6.96. The predicted molar refractivity (Wildman–Crippen MR) is 93.4 cm³/mol. The molecule has 8 nitrogen and oxygen atoms in total. The summed E-state index contributed by atoms with van der Waals surface area (Å²) in [6, 6.07) is 0. The Morgan fingerprint density at radius 1 is 1.27 bits per heavy atom. The van der Waals surface area contributed by atoms with Gasteiger partial charge in [-0.2, -0.15) is 4.98 Å². The fraction of sp³-hybridized carbons (Fsp3) is 0.778. The van der Waals surface area contributed by atoms with Crippen LogP contribution in [0.4, 0.5) is 0 Å². The molecule has 1 N–H and O–H groups in total. The quantitative estimate of drug-likeness (QED) is 0.782. The van der Waals surface area contributed by atoms with Crippen molar-refractivity contribution >= 4 is 11.8 Å². The SMILES string of the molecule is COCC(=O)N1CCC[C@@H](C(=O)NCCc2noc(C3CCCC3)n2)C1. The van der Waals surface area contributed by atoms with Gasteiger partial charge in [0.15, 0.2) is 5.82 Å². The van der Waals surface area contributed by atoms with Gasteiger partial charge in [0.2, 0.25) is 17.7 Å². The highest BCUT2D eigenvalue weighted by Crippen LogP contribution is 2.32. The molecule has 0 bridgehead atoms. The molecule has 0 aromatic carbocycles. The molecule has 1 aromatic heterocycles. The predicted octanol–water partition coefficient (Wildman–Crippen LogP) is 1.27. The monoisotopic (exact) mass is 364 g/mol. The Labute approximate surface area is 153 Å². The van der Waals surface area contributed by atoms with E-state index in [0.29, 0.717) is 37.8 Å². The van der Waals surface area contributed by atoms with Gasteiger partial charge >= 0.3 is 0 Å². The molecular formula is C18H28N4O4. The minimum Gasteiger partial charge on any atom is -0.375 e. The number of likely N-dealkylation sites (tertiary alicyclic amines) is 1. The molecule has 3 rings (SSSR count). The molecule has 1 aliphatic carbocycles. The van der Waals surface area contributed by atoms with E-state index < -0.39 is 0 Å². The number of ether oxygens (including phenoxy) is 1. The molecule has 2 amide bonds. The third-order valence-corrected chi connectivity index (χ3v) is 5.25. The molecule has 2 heterocycles. The van der Waals surface area contributed by atoms with E-state index in [0.717, 1.165) is 31.6 Å². The maximum atomic E-state index is 12.4. The van der Waals surface area contributed by atoms with Crippen molar-refractivity contribution in [1.82, 2.24) is 20.4 Å². The molecule has 1 aromatic rings. The van der Waals surface area contributed by atoms with Crippen molar-refractivity contribution in [3.8, 4) is 0 Å². The lowest BCUT2D eigenvalue weighted by Gasteiger charge is -2.31. The summed E-state index contributed by atoms with van der Waals surface area (Å²) in [6.07, 6.45) is 6.89. The van der Waals surface area contributed by atoms with Crippen LogP contribution in [0.15, 0.2) is 4.52 Å². The van der Waals surface area contributed by atoms with Gasteiger partial charge in [-0.15, -0.1) is 0 Å². The van der Waals surface area contributed by atoms with Crippen LogP contribution in [0.1, 0.15) is 56.2 Å². The second-order valence-electron chi connectivity index (χ2n) is 7.18. The molecule has 2 aliphatic rings. The number of amides is 2. The minimum absolute atomic E-state index is 0.0144. The van der Waals surface area contributed by atoms with Gasteiger partial charge in [-0.25, -0.2) is 0 Å². The third kappa shape index (κ3) is 4.81. The average molecular weight is 364 g/mol. The van der Waals surface area contributed by atoms with Crippen molar-refractivity contribution in [3.05, 3.63) is 11.7 Å². The minimum atomic E-state index is -0.163. The smallest absolute Gasteiger partial charge is 0.248 e. The van der Waals surface area contributed by atoms with E-state index in [4.69, 9.17) is 9.26 Å². The fourth-order valence-corrected chi connectivity index (χ4v) is 3.78. The summed E-state index contributed by atoms with van der Waals surface area (Å²) in [6.45, 7) is 1.70. The Morgan fingerprint density at radius 3 is 2.85 bits per heavy atom. The largest absolute Gasteiger partial charge is 0.375 e. The number of carbonyl (C=O) groups is 2. The molecule has 1 saturated carbocycles. The Kier molecular flexibility index (Phi) is 6.60. The van der Waals surface area contributed by atoms with E-state index in [1.165, 1.54) is 20.0 Å². The van der Waals surface area contributed by atoms with Gasteiger partial charge in [-0.1, -0.05) is 18.0 Å². The number of carbonyl (C=O) groups excluding carboxylic acids is 2. The topological polar surface area (TPSA) is 97.6 Å². The first-order chi connectivity index (χ1) is 12.7. The summed E-state index contributed by atoms with van der Waals surface area (Å²) in [5.41, 5.74) is 0. The molecule has 0 unspecified atom stereocenters. The van der Waals surface area contributed by atoms with Crippen LogP contribution in [-0.2, 0) is 20.7 Å². The van der Waals surface area contributed by atoms with Gasteiger partial charge in [0.05, 0.1) is 5.92 Å². The average Bonchev–Trinajstić information content (AvgIpc) is 3.33. The van der Waals surface area contributed by atoms with Crippen LogP contribution in [0.2, 0.25) is 0 Å². The number of rotatable bonds is 7. The first-order valence-electron chi connectivity index (χ1n) is 9.54. The Bertz CT molecular complexity index is 612. The maximum Gasteiger partial charge on any atom is 0.248 e. The van der Waals surface area contributed by atoms with Crippen LogP contribution >= 0.6 is 0 Å². The van der Waals surface area contributed by atoms with Crippen molar-refractivity contribution in [1.29, 1.82) is 0 Å². The molecule has 8 heteroatoms. The van der Waals surface area contributed by atoms with E-state index in [9.17, 15) is 9.59 Å². The number of hydrogen-bond acceptors (Lipinski definition) is 6. The first kappa shape index (κ1) is 18.8. The zero-order valence-electron chi connectivity index (χ0n) is 15.4. The summed E-state index contributed by atoms with van der Waals surface area (Å²) in [5.74, 6) is 1.55. The molecule has 26 heavy (non-hydrogen) atoms. The van der Waals surface area contributed by atoms with Gasteiger partial charge in [-0.3, -0.25) is 9.59 Å². The van der Waals surface area contributed by atoms with Gasteiger partial charge in [0.1, 0.15) is 6.61 Å². The van der Waals surface area contributed by atoms with Crippen molar-refractivity contribution in [2.45, 2.75) is 50.9 Å². The summed E-state index contributed by atoms with van der Waals surface area (Å²) in [4.78, 5) is 30.5. The molecular weight excluding hydrogens is 336 g/mol. The van der Waals surface area contributed by atoms with Crippen LogP contribution in [0.5, 0.6) is 0 Å². The number of aromatic nitrogens is 2. The second-order valence-corrected chi connectivity index (χ2v) is 7.18. The third-order valence-electron chi connectivity index (χ3n) is 5.25. The molecule has 1 aliphatic heterocycles. The molecule has 0 spiro atoms. The first-order valence-corrected chi connectivity index (χ1v) is 9.54. The van der Waals surface area contributed by atoms with Crippen LogP contribution in [0, 0.1) is 5.92 Å². The number of piperidine rings is 1. The van der Waals surface area contributed by atoms with Crippen LogP contribution in [-0.4, -0.2) is 60.2 Å². The Hall–Kier alpha value is -1.96. The molecule has 1 saturated heterocycles. The van der Waals surface area contributed by atoms with Crippen LogP contribution < -0.4 is 5.32 Å². The molecule has 0 radical (unpaired) electrons. The molecule has 144 valence electrons. The Morgan fingerprint density at radius 2 is 2.08 bits per heavy atom. The van der Waals surface area contributed by atoms with E-state index in [2.05, 4.69) is 15.5 Å². The van der Waals surface area contributed by atoms with E-state index in [-0.39, 0.29) is 24.3 Å². The van der Waals surface area contributed by atoms with E-state index in [1.54, 1.807) is 4.90 Å². The number of nitrogens with one attached hydrogen (secondary N) is 1. The summed E-state index contributed by atoms with van der Waals surface area (Å²) >= 11 is 0. The van der Waals surface area contributed by atoms with E-state index in [1.807, 2.05) is 0 Å².